The number of esters is 2. The van der Waals surface area contributed by atoms with Gasteiger partial charge in [0, 0.05) is 25.4 Å². The zero-order chi connectivity index (χ0) is 14.3. The molecular weight excluding hydrogens is 252 g/mol. The molecule has 0 aromatic rings. The Labute approximate surface area is 113 Å². The van der Waals surface area contributed by atoms with Gasteiger partial charge in [-0.15, -0.1) is 0 Å². The average molecular weight is 272 g/mol. The van der Waals surface area contributed by atoms with Crippen LogP contribution in [0, 0.1) is 0 Å². The second kappa shape index (κ2) is 12.8. The normalized spacial score (nSPS) is 9.68. The van der Waals surface area contributed by atoms with Gasteiger partial charge >= 0.3 is 11.9 Å². The van der Waals surface area contributed by atoms with E-state index in [9.17, 15) is 9.59 Å². The van der Waals surface area contributed by atoms with E-state index >= 15 is 0 Å². The molecule has 0 aromatic carbocycles. The summed E-state index contributed by atoms with van der Waals surface area (Å²) in [5.41, 5.74) is 0. The van der Waals surface area contributed by atoms with Crippen LogP contribution in [0.15, 0.2) is 25.3 Å². The van der Waals surface area contributed by atoms with Crippen molar-refractivity contribution in [1.29, 1.82) is 0 Å². The number of carbonyl (C=O) groups excluding carboxylic acids is 2. The maximum absolute atomic E-state index is 10.7. The molecule has 6 nitrogen and oxygen atoms in total. The Kier molecular flexibility index (Phi) is 11.7. The van der Waals surface area contributed by atoms with E-state index < -0.39 is 11.9 Å². The average Bonchev–Trinajstić information content (AvgIpc) is 2.43. The SMILES string of the molecule is C=CC(=O)OCCOCCCOCCOC(=O)C=C. The smallest absolute Gasteiger partial charge is 0.330 e. The van der Waals surface area contributed by atoms with Gasteiger partial charge in [0.15, 0.2) is 0 Å². The maximum atomic E-state index is 10.7. The van der Waals surface area contributed by atoms with Crippen molar-refractivity contribution in [1.82, 2.24) is 0 Å². The van der Waals surface area contributed by atoms with E-state index in [0.717, 1.165) is 12.2 Å². The second-order valence-corrected chi connectivity index (χ2v) is 3.32. The minimum absolute atomic E-state index is 0.212. The minimum Gasteiger partial charge on any atom is -0.460 e. The number of ether oxygens (including phenoxy) is 4. The molecule has 0 atom stereocenters. The van der Waals surface area contributed by atoms with E-state index in [-0.39, 0.29) is 13.2 Å². The van der Waals surface area contributed by atoms with Gasteiger partial charge in [-0.1, -0.05) is 13.2 Å². The summed E-state index contributed by atoms with van der Waals surface area (Å²) in [4.78, 5) is 21.3. The molecule has 0 N–H and O–H groups in total. The Morgan fingerprint density at radius 3 is 1.53 bits per heavy atom. The Morgan fingerprint density at radius 2 is 1.16 bits per heavy atom. The second-order valence-electron chi connectivity index (χ2n) is 3.32. The van der Waals surface area contributed by atoms with Gasteiger partial charge in [0.05, 0.1) is 13.2 Å². The fourth-order valence-electron chi connectivity index (χ4n) is 0.987. The maximum Gasteiger partial charge on any atom is 0.330 e. The van der Waals surface area contributed by atoms with Crippen molar-refractivity contribution in [3.63, 3.8) is 0 Å². The van der Waals surface area contributed by atoms with E-state index in [0.29, 0.717) is 32.8 Å². The standard InChI is InChI=1S/C13H20O6/c1-3-12(14)18-10-8-16-6-5-7-17-9-11-19-13(15)4-2/h3-4H,1-2,5-11H2. The predicted octanol–water partition coefficient (Wildman–Crippen LogP) is 0.868. The van der Waals surface area contributed by atoms with Gasteiger partial charge in [-0.05, 0) is 6.42 Å². The molecule has 0 aromatic heterocycles. The van der Waals surface area contributed by atoms with Gasteiger partial charge in [-0.25, -0.2) is 9.59 Å². The van der Waals surface area contributed by atoms with Crippen molar-refractivity contribution in [2.24, 2.45) is 0 Å². The number of hydrogen-bond acceptors (Lipinski definition) is 6. The minimum atomic E-state index is -0.457. The fourth-order valence-corrected chi connectivity index (χ4v) is 0.987. The van der Waals surface area contributed by atoms with Crippen LogP contribution < -0.4 is 0 Å². The van der Waals surface area contributed by atoms with Crippen LogP contribution >= 0.6 is 0 Å². The summed E-state index contributed by atoms with van der Waals surface area (Å²) in [5.74, 6) is -0.915. The highest BCUT2D eigenvalue weighted by molar-refractivity contribution is 5.81. The monoisotopic (exact) mass is 272 g/mol. The lowest BCUT2D eigenvalue weighted by Gasteiger charge is -2.06. The number of carbonyl (C=O) groups is 2. The molecular formula is C13H20O6. The van der Waals surface area contributed by atoms with Gasteiger partial charge in [0.2, 0.25) is 0 Å². The van der Waals surface area contributed by atoms with Crippen molar-refractivity contribution in [2.45, 2.75) is 6.42 Å². The quantitative estimate of drug-likeness (QED) is 0.298. The molecule has 0 unspecified atom stereocenters. The van der Waals surface area contributed by atoms with Gasteiger partial charge < -0.3 is 18.9 Å². The summed E-state index contributed by atoms with van der Waals surface area (Å²) in [5, 5.41) is 0. The Morgan fingerprint density at radius 1 is 0.737 bits per heavy atom. The van der Waals surface area contributed by atoms with Crippen molar-refractivity contribution in [2.75, 3.05) is 39.6 Å². The molecule has 0 bridgehead atoms. The van der Waals surface area contributed by atoms with Crippen LogP contribution in [0.4, 0.5) is 0 Å². The molecule has 19 heavy (non-hydrogen) atoms. The first-order chi connectivity index (χ1) is 9.20. The van der Waals surface area contributed by atoms with Crippen LogP contribution in [-0.2, 0) is 28.5 Å². The Bertz CT molecular complexity index is 259. The van der Waals surface area contributed by atoms with Crippen molar-refractivity contribution in [3.05, 3.63) is 25.3 Å². The Hall–Kier alpha value is -1.66. The molecule has 0 aliphatic rings. The molecule has 0 saturated carbocycles. The van der Waals surface area contributed by atoms with Crippen LogP contribution in [0.3, 0.4) is 0 Å². The first kappa shape index (κ1) is 17.3. The van der Waals surface area contributed by atoms with Crippen LogP contribution in [0.1, 0.15) is 6.42 Å². The molecule has 0 saturated heterocycles. The van der Waals surface area contributed by atoms with Crippen LogP contribution in [0.2, 0.25) is 0 Å². The zero-order valence-corrected chi connectivity index (χ0v) is 11.0. The molecule has 0 aliphatic carbocycles. The van der Waals surface area contributed by atoms with Gasteiger partial charge in [0.1, 0.15) is 13.2 Å². The summed E-state index contributed by atoms with van der Waals surface area (Å²) in [6, 6.07) is 0. The molecule has 0 amide bonds. The van der Waals surface area contributed by atoms with E-state index in [1.807, 2.05) is 0 Å². The molecule has 108 valence electrons. The van der Waals surface area contributed by atoms with Crippen LogP contribution in [0.5, 0.6) is 0 Å². The van der Waals surface area contributed by atoms with E-state index in [1.165, 1.54) is 0 Å². The first-order valence-electron chi connectivity index (χ1n) is 5.94. The largest absolute Gasteiger partial charge is 0.460 e. The lowest BCUT2D eigenvalue weighted by molar-refractivity contribution is -0.139. The Balaban J connectivity index is 3.10. The van der Waals surface area contributed by atoms with Crippen LogP contribution in [-0.4, -0.2) is 51.6 Å². The summed E-state index contributed by atoms with van der Waals surface area (Å²) in [6.45, 7) is 8.68. The fraction of sp³-hybridized carbons (Fsp3) is 0.538. The summed E-state index contributed by atoms with van der Waals surface area (Å²) in [6.07, 6.45) is 2.92. The highest BCUT2D eigenvalue weighted by Gasteiger charge is 1.96. The van der Waals surface area contributed by atoms with E-state index in [2.05, 4.69) is 13.2 Å². The van der Waals surface area contributed by atoms with Gasteiger partial charge in [0.25, 0.3) is 0 Å². The van der Waals surface area contributed by atoms with E-state index in [1.54, 1.807) is 0 Å². The molecule has 0 radical (unpaired) electrons. The van der Waals surface area contributed by atoms with Crippen molar-refractivity contribution >= 4 is 11.9 Å². The first-order valence-corrected chi connectivity index (χ1v) is 5.94. The topological polar surface area (TPSA) is 71.1 Å². The van der Waals surface area contributed by atoms with Crippen molar-refractivity contribution in [3.8, 4) is 0 Å². The van der Waals surface area contributed by atoms with Crippen molar-refractivity contribution < 1.29 is 28.5 Å². The van der Waals surface area contributed by atoms with E-state index in [4.69, 9.17) is 18.9 Å². The van der Waals surface area contributed by atoms with Gasteiger partial charge in [-0.3, -0.25) is 0 Å². The number of rotatable bonds is 12. The van der Waals surface area contributed by atoms with Crippen LogP contribution in [0.25, 0.3) is 0 Å². The third-order valence-electron chi connectivity index (χ3n) is 1.85. The number of hydrogen-bond donors (Lipinski definition) is 0. The summed E-state index contributed by atoms with van der Waals surface area (Å²) >= 11 is 0. The lowest BCUT2D eigenvalue weighted by Crippen LogP contribution is -2.11. The molecule has 0 spiro atoms. The predicted molar refractivity (Wildman–Crippen MR) is 68.6 cm³/mol. The molecule has 0 fully saturated rings. The lowest BCUT2D eigenvalue weighted by atomic mass is 10.5. The molecule has 0 aliphatic heterocycles. The highest BCUT2D eigenvalue weighted by Crippen LogP contribution is 1.88. The third kappa shape index (κ3) is 12.6. The highest BCUT2D eigenvalue weighted by atomic mass is 16.6. The third-order valence-corrected chi connectivity index (χ3v) is 1.85. The molecule has 0 rings (SSSR count). The molecule has 0 heterocycles. The summed E-state index contributed by atoms with van der Waals surface area (Å²) in [7, 11) is 0. The summed E-state index contributed by atoms with van der Waals surface area (Å²) < 4.78 is 19.8. The van der Waals surface area contributed by atoms with Gasteiger partial charge in [-0.2, -0.15) is 0 Å². The zero-order valence-electron chi connectivity index (χ0n) is 11.0. The molecule has 6 heteroatoms.